The Morgan fingerprint density at radius 3 is 2.24 bits per heavy atom. The minimum Gasteiger partial charge on any atom is -0.493 e. The van der Waals surface area contributed by atoms with Gasteiger partial charge in [-0.2, -0.15) is 0 Å². The highest BCUT2D eigenvalue weighted by atomic mass is 32.1. The summed E-state index contributed by atoms with van der Waals surface area (Å²) in [6, 6.07) is 15.2. The van der Waals surface area contributed by atoms with Gasteiger partial charge in [0.2, 0.25) is 0 Å². The van der Waals surface area contributed by atoms with E-state index in [2.05, 4.69) is 15.6 Å². The van der Waals surface area contributed by atoms with E-state index in [4.69, 9.17) is 9.47 Å². The van der Waals surface area contributed by atoms with Crippen molar-refractivity contribution < 1.29 is 19.1 Å². The lowest BCUT2D eigenvalue weighted by atomic mass is 9.90. The van der Waals surface area contributed by atoms with Crippen LogP contribution in [0.15, 0.2) is 53.9 Å². The van der Waals surface area contributed by atoms with Crippen molar-refractivity contribution in [3.63, 3.8) is 0 Å². The summed E-state index contributed by atoms with van der Waals surface area (Å²) in [5.74, 6) is 1.09. The number of carbonyl (C=O) groups excluding carboxylic acids is 2. The van der Waals surface area contributed by atoms with Crippen LogP contribution in [-0.2, 0) is 6.61 Å². The van der Waals surface area contributed by atoms with Crippen LogP contribution in [0.25, 0.3) is 0 Å². The Hall–Kier alpha value is -3.39. The van der Waals surface area contributed by atoms with Crippen molar-refractivity contribution in [1.29, 1.82) is 0 Å². The molecule has 0 atom stereocenters. The number of aryl methyl sites for hydroxylation is 1. The third kappa shape index (κ3) is 5.94. The Kier molecular flexibility index (Phi) is 7.80. The van der Waals surface area contributed by atoms with Crippen LogP contribution < -0.4 is 20.1 Å². The van der Waals surface area contributed by atoms with Gasteiger partial charge in [-0.1, -0.05) is 30.3 Å². The average Bonchev–Trinajstić information content (AvgIpc) is 3.33. The van der Waals surface area contributed by atoms with Crippen LogP contribution in [-0.4, -0.2) is 36.0 Å². The number of nitrogens with one attached hydrogen (secondary N) is 2. The zero-order chi connectivity index (χ0) is 23.9. The fourth-order valence-corrected chi connectivity index (χ4v) is 4.78. The van der Waals surface area contributed by atoms with Crippen LogP contribution in [0.3, 0.4) is 0 Å². The molecule has 1 aromatic heterocycles. The van der Waals surface area contributed by atoms with E-state index in [9.17, 15) is 9.59 Å². The van der Waals surface area contributed by atoms with E-state index < -0.39 is 0 Å². The second kappa shape index (κ2) is 11.2. The van der Waals surface area contributed by atoms with E-state index in [1.165, 1.54) is 11.3 Å². The highest BCUT2D eigenvalue weighted by molar-refractivity contribution is 7.09. The zero-order valence-corrected chi connectivity index (χ0v) is 20.2. The quantitative estimate of drug-likeness (QED) is 0.496. The van der Waals surface area contributed by atoms with Crippen LogP contribution in [0.4, 0.5) is 0 Å². The molecule has 1 aliphatic rings. The second-order valence-corrected chi connectivity index (χ2v) is 9.32. The van der Waals surface area contributed by atoms with Gasteiger partial charge in [0.1, 0.15) is 17.3 Å². The first-order valence-corrected chi connectivity index (χ1v) is 12.3. The summed E-state index contributed by atoms with van der Waals surface area (Å²) in [5, 5.41) is 8.70. The number of hydrogen-bond acceptors (Lipinski definition) is 6. The molecule has 0 spiro atoms. The molecule has 2 N–H and O–H groups in total. The summed E-state index contributed by atoms with van der Waals surface area (Å²) in [5.41, 5.74) is 2.09. The lowest BCUT2D eigenvalue weighted by Gasteiger charge is -2.29. The minimum atomic E-state index is -0.174. The van der Waals surface area contributed by atoms with Gasteiger partial charge in [0.05, 0.1) is 7.11 Å². The summed E-state index contributed by atoms with van der Waals surface area (Å²) in [4.78, 5) is 29.7. The molecular weight excluding hydrogens is 450 g/mol. The van der Waals surface area contributed by atoms with Gasteiger partial charge in [-0.3, -0.25) is 9.59 Å². The number of para-hydroxylation sites is 2. The highest BCUT2D eigenvalue weighted by Crippen LogP contribution is 2.27. The van der Waals surface area contributed by atoms with Gasteiger partial charge in [-0.15, -0.1) is 11.3 Å². The molecule has 0 saturated heterocycles. The van der Waals surface area contributed by atoms with E-state index in [1.54, 1.807) is 12.5 Å². The lowest BCUT2D eigenvalue weighted by molar-refractivity contribution is 0.0889. The summed E-state index contributed by atoms with van der Waals surface area (Å²) in [7, 11) is 1.60. The first-order chi connectivity index (χ1) is 16.5. The number of benzene rings is 2. The fraction of sp³-hybridized carbons (Fsp3) is 0.346. The number of thiazole rings is 1. The van der Waals surface area contributed by atoms with E-state index in [-0.39, 0.29) is 30.5 Å². The molecule has 0 radical (unpaired) electrons. The van der Waals surface area contributed by atoms with Crippen molar-refractivity contribution in [2.24, 2.45) is 0 Å². The van der Waals surface area contributed by atoms with Crippen molar-refractivity contribution in [3.8, 4) is 11.5 Å². The van der Waals surface area contributed by atoms with Crippen LogP contribution in [0, 0.1) is 6.92 Å². The van der Waals surface area contributed by atoms with E-state index >= 15 is 0 Å². The number of amides is 2. The molecule has 34 heavy (non-hydrogen) atoms. The summed E-state index contributed by atoms with van der Waals surface area (Å²) in [6.45, 7) is 2.21. The maximum absolute atomic E-state index is 12.7. The SMILES string of the molecule is COc1ccccc1OCc1nc(C(=O)NC2CCC(NC(=O)c3ccccc3C)CC2)cs1. The highest BCUT2D eigenvalue weighted by Gasteiger charge is 2.25. The topological polar surface area (TPSA) is 89.6 Å². The third-order valence-electron chi connectivity index (χ3n) is 5.99. The van der Waals surface area contributed by atoms with E-state index in [1.807, 2.05) is 55.5 Å². The van der Waals surface area contributed by atoms with E-state index in [0.717, 1.165) is 36.3 Å². The normalized spacial score (nSPS) is 17.6. The Morgan fingerprint density at radius 2 is 1.56 bits per heavy atom. The number of rotatable bonds is 8. The molecule has 1 heterocycles. The molecule has 1 aliphatic carbocycles. The monoisotopic (exact) mass is 479 g/mol. The van der Waals surface area contributed by atoms with Crippen LogP contribution in [0.5, 0.6) is 11.5 Å². The summed E-state index contributed by atoms with van der Waals surface area (Å²) >= 11 is 1.39. The van der Waals surface area contributed by atoms with Crippen LogP contribution in [0.1, 0.15) is 57.1 Å². The molecule has 8 heteroatoms. The maximum Gasteiger partial charge on any atom is 0.270 e. The molecule has 1 saturated carbocycles. The predicted molar refractivity (Wildman–Crippen MR) is 132 cm³/mol. The lowest BCUT2D eigenvalue weighted by Crippen LogP contribution is -2.44. The van der Waals surface area contributed by atoms with E-state index in [0.29, 0.717) is 22.8 Å². The smallest absolute Gasteiger partial charge is 0.270 e. The van der Waals surface area contributed by atoms with Gasteiger partial charge in [-0.05, 0) is 56.4 Å². The number of nitrogens with zero attached hydrogens (tertiary/aromatic N) is 1. The molecule has 2 aromatic carbocycles. The Morgan fingerprint density at radius 1 is 0.941 bits per heavy atom. The molecule has 0 unspecified atom stereocenters. The van der Waals surface area contributed by atoms with Crippen LogP contribution >= 0.6 is 11.3 Å². The zero-order valence-electron chi connectivity index (χ0n) is 19.4. The van der Waals surface area contributed by atoms with Gasteiger partial charge in [0, 0.05) is 23.0 Å². The largest absolute Gasteiger partial charge is 0.493 e. The third-order valence-corrected chi connectivity index (χ3v) is 6.81. The molecule has 2 amide bonds. The molecule has 0 aliphatic heterocycles. The summed E-state index contributed by atoms with van der Waals surface area (Å²) in [6.07, 6.45) is 3.30. The Bertz CT molecular complexity index is 1140. The number of carbonyl (C=O) groups is 2. The molecule has 1 fully saturated rings. The Labute approximate surface area is 203 Å². The van der Waals surface area contributed by atoms with Crippen molar-refractivity contribution in [3.05, 3.63) is 75.7 Å². The second-order valence-electron chi connectivity index (χ2n) is 8.38. The number of ether oxygens (including phenoxy) is 2. The maximum atomic E-state index is 12.7. The fourth-order valence-electron chi connectivity index (χ4n) is 4.09. The van der Waals surface area contributed by atoms with Crippen molar-refractivity contribution in [1.82, 2.24) is 15.6 Å². The first kappa shape index (κ1) is 23.8. The molecular formula is C26H29N3O4S. The molecule has 7 nitrogen and oxygen atoms in total. The molecule has 0 bridgehead atoms. The molecule has 4 rings (SSSR count). The van der Waals surface area contributed by atoms with Gasteiger partial charge < -0.3 is 20.1 Å². The van der Waals surface area contributed by atoms with Crippen LogP contribution in [0.2, 0.25) is 0 Å². The minimum absolute atomic E-state index is 0.0315. The number of hydrogen-bond donors (Lipinski definition) is 2. The predicted octanol–water partition coefficient (Wildman–Crippen LogP) is 4.51. The average molecular weight is 480 g/mol. The molecule has 3 aromatic rings. The first-order valence-electron chi connectivity index (χ1n) is 11.4. The van der Waals surface area contributed by atoms with Crippen molar-refractivity contribution in [2.75, 3.05) is 7.11 Å². The van der Waals surface area contributed by atoms with Gasteiger partial charge >= 0.3 is 0 Å². The standard InChI is InChI=1S/C26H29N3O4S/c1-17-7-3-4-8-20(17)25(30)27-18-11-13-19(14-12-18)28-26(31)21-16-34-24(29-21)15-33-23-10-6-5-9-22(23)32-2/h3-10,16,18-19H,11-15H2,1-2H3,(H,27,30)(H,28,31). The van der Waals surface area contributed by atoms with Crippen molar-refractivity contribution >= 4 is 23.2 Å². The van der Waals surface area contributed by atoms with Gasteiger partial charge in [0.25, 0.3) is 11.8 Å². The number of aromatic nitrogens is 1. The van der Waals surface area contributed by atoms with Gasteiger partial charge in [-0.25, -0.2) is 4.98 Å². The Balaban J connectivity index is 1.23. The van der Waals surface area contributed by atoms with Gasteiger partial charge in [0.15, 0.2) is 11.5 Å². The molecule has 178 valence electrons. The number of methoxy groups -OCH3 is 1. The van der Waals surface area contributed by atoms with Crippen molar-refractivity contribution in [2.45, 2.75) is 51.3 Å². The summed E-state index contributed by atoms with van der Waals surface area (Å²) < 4.78 is 11.1.